The highest BCUT2D eigenvalue weighted by Crippen LogP contribution is 2.31. The lowest BCUT2D eigenvalue weighted by Gasteiger charge is -2.19. The van der Waals surface area contributed by atoms with Crippen molar-refractivity contribution < 1.29 is 4.57 Å². The van der Waals surface area contributed by atoms with Gasteiger partial charge in [0.15, 0.2) is 6.20 Å². The largest absolute Gasteiger partial charge is 0.212 e. The van der Waals surface area contributed by atoms with Crippen LogP contribution in [0.15, 0.2) is 85.1 Å². The van der Waals surface area contributed by atoms with Gasteiger partial charge in [-0.05, 0) is 63.3 Å². The normalized spacial score (nSPS) is 12.3. The maximum Gasteiger partial charge on any atom is 0.212 e. The number of benzene rings is 3. The van der Waals surface area contributed by atoms with Crippen LogP contribution in [0.3, 0.4) is 0 Å². The first-order valence-electron chi connectivity index (χ1n) is 12.9. The van der Waals surface area contributed by atoms with Crippen molar-refractivity contribution in [3.63, 3.8) is 0 Å². The van der Waals surface area contributed by atoms with Crippen LogP contribution in [-0.2, 0) is 17.9 Å². The number of nitrogens with zero attached hydrogens (tertiary/aromatic N) is 1. The van der Waals surface area contributed by atoms with Crippen molar-refractivity contribution in [3.05, 3.63) is 113 Å². The highest BCUT2D eigenvalue weighted by Gasteiger charge is 2.19. The highest BCUT2D eigenvalue weighted by molar-refractivity contribution is 5.82. The van der Waals surface area contributed by atoms with Crippen molar-refractivity contribution in [2.75, 3.05) is 0 Å². The van der Waals surface area contributed by atoms with Crippen molar-refractivity contribution in [2.24, 2.45) is 7.05 Å². The average molecular weight is 475 g/mol. The Bertz CT molecular complexity index is 1370. The molecule has 1 heteroatoms. The number of hydrogen-bond acceptors (Lipinski definition) is 0. The van der Waals surface area contributed by atoms with E-state index in [1.165, 1.54) is 50.2 Å². The summed E-state index contributed by atoms with van der Waals surface area (Å²) in [5, 5.41) is 0. The molecule has 0 atom stereocenters. The van der Waals surface area contributed by atoms with Crippen molar-refractivity contribution >= 4 is 12.2 Å². The molecule has 0 unspecified atom stereocenters. The minimum absolute atomic E-state index is 0.145. The van der Waals surface area contributed by atoms with Gasteiger partial charge >= 0.3 is 0 Å². The van der Waals surface area contributed by atoms with Gasteiger partial charge in [0.05, 0.1) is 5.56 Å². The van der Waals surface area contributed by atoms with Gasteiger partial charge in [0.1, 0.15) is 7.05 Å². The Kier molecular flexibility index (Phi) is 7.05. The van der Waals surface area contributed by atoms with Crippen LogP contribution in [0, 0.1) is 6.92 Å². The van der Waals surface area contributed by atoms with Gasteiger partial charge in [-0.15, -0.1) is 0 Å². The molecule has 0 N–H and O–H groups in total. The molecule has 1 nitrogen and oxygen atoms in total. The minimum atomic E-state index is 0.145. The summed E-state index contributed by atoms with van der Waals surface area (Å²) in [6.07, 6.45) is 6.77. The van der Waals surface area contributed by atoms with Crippen LogP contribution in [0.25, 0.3) is 34.5 Å². The van der Waals surface area contributed by atoms with Crippen LogP contribution >= 0.6 is 0 Å². The van der Waals surface area contributed by atoms with Crippen LogP contribution in [0.5, 0.6) is 0 Å². The van der Waals surface area contributed by atoms with Gasteiger partial charge in [0, 0.05) is 11.6 Å². The molecule has 184 valence electrons. The van der Waals surface area contributed by atoms with E-state index >= 15 is 0 Å². The summed E-state index contributed by atoms with van der Waals surface area (Å²) in [6.45, 7) is 15.7. The molecule has 36 heavy (non-hydrogen) atoms. The molecule has 0 aliphatic heterocycles. The quantitative estimate of drug-likeness (QED) is 0.260. The molecule has 0 saturated heterocycles. The molecule has 0 fully saturated rings. The molecule has 0 amide bonds. The van der Waals surface area contributed by atoms with Gasteiger partial charge in [-0.3, -0.25) is 0 Å². The van der Waals surface area contributed by atoms with E-state index in [-0.39, 0.29) is 10.8 Å². The zero-order chi connectivity index (χ0) is 26.1. The maximum atomic E-state index is 2.33. The Labute approximate surface area is 218 Å². The summed E-state index contributed by atoms with van der Waals surface area (Å²) in [6, 6.07) is 28.9. The molecule has 0 saturated carbocycles. The Morgan fingerprint density at radius 3 is 1.75 bits per heavy atom. The molecule has 0 radical (unpaired) electrons. The molecular formula is C35H40N+. The third kappa shape index (κ3) is 5.68. The predicted molar refractivity (Wildman–Crippen MR) is 156 cm³/mol. The third-order valence-corrected chi connectivity index (χ3v) is 7.02. The van der Waals surface area contributed by atoms with Crippen LogP contribution in [0.4, 0.5) is 0 Å². The summed E-state index contributed by atoms with van der Waals surface area (Å²) < 4.78 is 2.25. The number of hydrogen-bond donors (Lipinski definition) is 0. The van der Waals surface area contributed by atoms with Crippen molar-refractivity contribution in [1.29, 1.82) is 0 Å². The molecule has 0 spiro atoms. The van der Waals surface area contributed by atoms with Gasteiger partial charge in [-0.1, -0.05) is 114 Å². The topological polar surface area (TPSA) is 3.88 Å². The average Bonchev–Trinajstić information content (AvgIpc) is 2.83. The molecular weight excluding hydrogens is 434 g/mol. The lowest BCUT2D eigenvalue weighted by Crippen LogP contribution is -2.31. The third-order valence-electron chi connectivity index (χ3n) is 7.02. The number of pyridine rings is 1. The lowest BCUT2D eigenvalue weighted by atomic mass is 9.86. The van der Waals surface area contributed by atoms with Gasteiger partial charge in [-0.25, -0.2) is 4.57 Å². The standard InChI is InChI=1S/C35H40N/c1-25-11-9-10-12-31(25)32-24-36(8)33(27-17-21-30(22-18-27)35(5,6)7)23-28(32)16-13-26-14-19-29(20-15-26)34(2,3)4/h9-24H,1-8H3/q+1/b16-13+. The summed E-state index contributed by atoms with van der Waals surface area (Å²) in [7, 11) is 2.15. The monoisotopic (exact) mass is 474 g/mol. The predicted octanol–water partition coefficient (Wildman–Crippen LogP) is 8.92. The van der Waals surface area contributed by atoms with Gasteiger partial charge in [-0.2, -0.15) is 0 Å². The summed E-state index contributed by atoms with van der Waals surface area (Å²) in [5.74, 6) is 0. The maximum absolute atomic E-state index is 2.33. The molecule has 1 heterocycles. The molecule has 4 rings (SSSR count). The minimum Gasteiger partial charge on any atom is -0.200 e. The number of aryl methyl sites for hydroxylation is 2. The van der Waals surface area contributed by atoms with E-state index in [1.807, 2.05) is 0 Å². The second-order valence-electron chi connectivity index (χ2n) is 12.0. The van der Waals surface area contributed by atoms with Gasteiger partial charge in [0.25, 0.3) is 0 Å². The van der Waals surface area contributed by atoms with Crippen molar-refractivity contribution in [1.82, 2.24) is 0 Å². The van der Waals surface area contributed by atoms with Crippen LogP contribution < -0.4 is 4.57 Å². The SMILES string of the molecule is Cc1ccccc1-c1c[n+](C)c(-c2ccc(C(C)(C)C)cc2)cc1/C=C/c1ccc(C(C)(C)C)cc1. The van der Waals surface area contributed by atoms with Crippen LogP contribution in [0.1, 0.15) is 69.4 Å². The van der Waals surface area contributed by atoms with E-state index in [0.717, 1.165) is 0 Å². The molecule has 0 aliphatic rings. The zero-order valence-electron chi connectivity index (χ0n) is 23.2. The Balaban J connectivity index is 1.80. The second-order valence-corrected chi connectivity index (χ2v) is 12.0. The number of aromatic nitrogens is 1. The van der Waals surface area contributed by atoms with E-state index in [0.29, 0.717) is 0 Å². The Morgan fingerprint density at radius 2 is 1.19 bits per heavy atom. The first-order chi connectivity index (χ1) is 16.9. The summed E-state index contributed by atoms with van der Waals surface area (Å²) in [5.41, 5.74) is 11.7. The Hall–Kier alpha value is -3.45. The molecule has 1 aromatic heterocycles. The fraction of sp³-hybridized carbons (Fsp3) is 0.286. The smallest absolute Gasteiger partial charge is 0.200 e. The zero-order valence-corrected chi connectivity index (χ0v) is 23.2. The molecule has 3 aromatic carbocycles. The van der Waals surface area contributed by atoms with Gasteiger partial charge in [0.2, 0.25) is 5.69 Å². The fourth-order valence-corrected chi connectivity index (χ4v) is 4.61. The van der Waals surface area contributed by atoms with Crippen LogP contribution in [0.2, 0.25) is 0 Å². The van der Waals surface area contributed by atoms with E-state index in [9.17, 15) is 0 Å². The second kappa shape index (κ2) is 9.90. The summed E-state index contributed by atoms with van der Waals surface area (Å²) in [4.78, 5) is 0. The first kappa shape index (κ1) is 25.6. The lowest BCUT2D eigenvalue weighted by molar-refractivity contribution is -0.659. The van der Waals surface area contributed by atoms with E-state index in [1.54, 1.807) is 0 Å². The van der Waals surface area contributed by atoms with Crippen molar-refractivity contribution in [3.8, 4) is 22.4 Å². The fourth-order valence-electron chi connectivity index (χ4n) is 4.61. The molecule has 4 aromatic rings. The van der Waals surface area contributed by atoms with Crippen molar-refractivity contribution in [2.45, 2.75) is 59.3 Å². The Morgan fingerprint density at radius 1 is 0.639 bits per heavy atom. The highest BCUT2D eigenvalue weighted by atomic mass is 14.9. The van der Waals surface area contributed by atoms with E-state index in [4.69, 9.17) is 0 Å². The number of rotatable bonds is 4. The summed E-state index contributed by atoms with van der Waals surface area (Å²) >= 11 is 0. The van der Waals surface area contributed by atoms with E-state index in [2.05, 4.69) is 157 Å². The van der Waals surface area contributed by atoms with Gasteiger partial charge < -0.3 is 0 Å². The molecule has 0 aliphatic carbocycles. The van der Waals surface area contributed by atoms with Crippen LogP contribution in [-0.4, -0.2) is 0 Å². The molecule has 0 bridgehead atoms. The first-order valence-corrected chi connectivity index (χ1v) is 12.9. The van der Waals surface area contributed by atoms with E-state index < -0.39 is 0 Å².